The fourth-order valence-electron chi connectivity index (χ4n) is 0.571. The van der Waals surface area contributed by atoms with Gasteiger partial charge >= 0.3 is 0 Å². The monoisotopic (exact) mass is 193 g/mol. The van der Waals surface area contributed by atoms with Crippen LogP contribution in [0.4, 0.5) is 0 Å². The fourth-order valence-corrected chi connectivity index (χ4v) is 0.571. The lowest BCUT2D eigenvalue weighted by atomic mass is 10.2. The second-order valence-corrected chi connectivity index (χ2v) is 2.48. The molecule has 0 bridgehead atoms. The molecule has 0 fully saturated rings. The fraction of sp³-hybridized carbons (Fsp3) is 1.00. The Morgan fingerprint density at radius 2 is 1.23 bits per heavy atom. The summed E-state index contributed by atoms with van der Waals surface area (Å²) in [5.41, 5.74) is 5.27. The van der Waals surface area contributed by atoms with Crippen LogP contribution < -0.4 is 5.73 Å². The summed E-state index contributed by atoms with van der Waals surface area (Å²) in [4.78, 5) is 0. The van der Waals surface area contributed by atoms with Gasteiger partial charge in [-0.25, -0.2) is 0 Å². The molecule has 3 heteroatoms. The summed E-state index contributed by atoms with van der Waals surface area (Å²) in [7, 11) is 0. The Bertz CT molecular complexity index is 46.2. The van der Waals surface area contributed by atoms with Gasteiger partial charge in [0.25, 0.3) is 0 Å². The largest absolute Gasteiger partial charge is 0.397 e. The van der Waals surface area contributed by atoms with Crippen molar-refractivity contribution in [3.63, 3.8) is 0 Å². The zero-order valence-electron chi connectivity index (χ0n) is 9.42. The summed E-state index contributed by atoms with van der Waals surface area (Å²) in [6, 6.07) is 0. The Hall–Kier alpha value is -0.120. The highest BCUT2D eigenvalue weighted by molar-refractivity contribution is 4.38. The van der Waals surface area contributed by atoms with Gasteiger partial charge in [0.2, 0.25) is 0 Å². The molecule has 0 aliphatic carbocycles. The van der Waals surface area contributed by atoms with Crippen molar-refractivity contribution in [1.82, 2.24) is 0 Å². The molecule has 84 valence electrons. The van der Waals surface area contributed by atoms with Gasteiger partial charge in [-0.1, -0.05) is 26.2 Å². The molecule has 3 nitrogen and oxygen atoms in total. The van der Waals surface area contributed by atoms with Gasteiger partial charge in [-0.2, -0.15) is 0 Å². The van der Waals surface area contributed by atoms with E-state index >= 15 is 0 Å². The number of rotatable bonds is 4. The third-order valence-electron chi connectivity index (χ3n) is 1.06. The first-order chi connectivity index (χ1) is 6.24. The summed E-state index contributed by atoms with van der Waals surface area (Å²) in [5, 5.41) is 15.1. The second-order valence-electron chi connectivity index (χ2n) is 2.48. The number of aliphatic hydroxyl groups excluding tert-OH is 2. The lowest BCUT2D eigenvalue weighted by Gasteiger charge is -1.90. The van der Waals surface area contributed by atoms with Crippen molar-refractivity contribution in [2.24, 2.45) is 5.73 Å². The van der Waals surface area contributed by atoms with Crippen molar-refractivity contribution in [2.45, 2.75) is 46.5 Å². The Morgan fingerprint density at radius 1 is 0.846 bits per heavy atom. The molecule has 4 N–H and O–H groups in total. The highest BCUT2D eigenvalue weighted by atomic mass is 16.3. The summed E-state index contributed by atoms with van der Waals surface area (Å²) in [5.74, 6) is 0. The van der Waals surface area contributed by atoms with Crippen LogP contribution in [0.3, 0.4) is 0 Å². The predicted molar refractivity (Wildman–Crippen MR) is 58.7 cm³/mol. The van der Waals surface area contributed by atoms with E-state index in [4.69, 9.17) is 15.9 Å². The van der Waals surface area contributed by atoms with Gasteiger partial charge < -0.3 is 15.9 Å². The van der Waals surface area contributed by atoms with Crippen molar-refractivity contribution in [1.29, 1.82) is 0 Å². The predicted octanol–water partition coefficient (Wildman–Crippen LogP) is 1.52. The first-order valence-electron chi connectivity index (χ1n) is 5.16. The van der Waals surface area contributed by atoms with E-state index < -0.39 is 0 Å². The molecule has 13 heavy (non-hydrogen) atoms. The summed E-state index contributed by atoms with van der Waals surface area (Å²) in [6.45, 7) is 6.93. The minimum atomic E-state index is 0.250. The Morgan fingerprint density at radius 3 is 1.46 bits per heavy atom. The van der Waals surface area contributed by atoms with Crippen LogP contribution in [-0.4, -0.2) is 30.0 Å². The minimum absolute atomic E-state index is 0.250. The van der Waals surface area contributed by atoms with Crippen LogP contribution >= 0.6 is 0 Å². The van der Waals surface area contributed by atoms with Gasteiger partial charge in [0.05, 0.1) is 0 Å². The van der Waals surface area contributed by atoms with Crippen molar-refractivity contribution >= 4 is 0 Å². The maximum atomic E-state index is 7.57. The lowest BCUT2D eigenvalue weighted by molar-refractivity contribution is 0.318. The summed E-state index contributed by atoms with van der Waals surface area (Å²) >= 11 is 0. The molecule has 0 aromatic carbocycles. The third-order valence-corrected chi connectivity index (χ3v) is 1.06. The van der Waals surface area contributed by atoms with E-state index in [1.165, 1.54) is 25.7 Å². The quantitative estimate of drug-likeness (QED) is 0.593. The molecule has 0 aromatic rings. The SMILES string of the molecule is CCCCCCN.CCO.CCO. The molecule has 0 heterocycles. The number of unbranched alkanes of at least 4 members (excludes halogenated alkanes) is 3. The second kappa shape index (κ2) is 29.7. The van der Waals surface area contributed by atoms with Gasteiger partial charge in [-0.05, 0) is 26.8 Å². The van der Waals surface area contributed by atoms with Gasteiger partial charge in [0.1, 0.15) is 0 Å². The average Bonchev–Trinajstić information content (AvgIpc) is 2.08. The smallest absolute Gasteiger partial charge is 0.0402 e. The van der Waals surface area contributed by atoms with Gasteiger partial charge in [-0.15, -0.1) is 0 Å². The van der Waals surface area contributed by atoms with Crippen LogP contribution in [0, 0.1) is 0 Å². The van der Waals surface area contributed by atoms with Crippen LogP contribution in [0.15, 0.2) is 0 Å². The Kier molecular flexibility index (Phi) is 42.6. The standard InChI is InChI=1S/C6H15N.2C2H6O/c1-2-3-4-5-6-7;2*1-2-3/h2-7H2,1H3;2*3H,2H2,1H3. The third kappa shape index (κ3) is 77.0. The molecule has 0 aliphatic heterocycles. The molecule has 0 aromatic heterocycles. The molecule has 0 saturated heterocycles. The van der Waals surface area contributed by atoms with Gasteiger partial charge in [0.15, 0.2) is 0 Å². The van der Waals surface area contributed by atoms with E-state index in [0.29, 0.717) is 0 Å². The molecule has 0 saturated carbocycles. The van der Waals surface area contributed by atoms with Crippen LogP contribution in [0.5, 0.6) is 0 Å². The van der Waals surface area contributed by atoms with Crippen molar-refractivity contribution in [2.75, 3.05) is 19.8 Å². The van der Waals surface area contributed by atoms with Gasteiger partial charge in [0, 0.05) is 13.2 Å². The van der Waals surface area contributed by atoms with E-state index in [1.807, 2.05) is 0 Å². The van der Waals surface area contributed by atoms with Crippen LogP contribution in [-0.2, 0) is 0 Å². The van der Waals surface area contributed by atoms with Crippen LogP contribution in [0.2, 0.25) is 0 Å². The first kappa shape index (κ1) is 18.6. The van der Waals surface area contributed by atoms with E-state index in [9.17, 15) is 0 Å². The van der Waals surface area contributed by atoms with Crippen molar-refractivity contribution in [3.05, 3.63) is 0 Å². The van der Waals surface area contributed by atoms with Crippen molar-refractivity contribution in [3.8, 4) is 0 Å². The number of hydrogen-bond donors (Lipinski definition) is 3. The molecular weight excluding hydrogens is 166 g/mol. The molecule has 0 amide bonds. The van der Waals surface area contributed by atoms with E-state index in [2.05, 4.69) is 6.92 Å². The zero-order valence-corrected chi connectivity index (χ0v) is 9.42. The normalized spacial score (nSPS) is 7.85. The van der Waals surface area contributed by atoms with E-state index in [0.717, 1.165) is 6.54 Å². The minimum Gasteiger partial charge on any atom is -0.397 e. The highest BCUT2D eigenvalue weighted by Gasteiger charge is 1.80. The molecule has 0 unspecified atom stereocenters. The van der Waals surface area contributed by atoms with E-state index in [-0.39, 0.29) is 13.2 Å². The van der Waals surface area contributed by atoms with Crippen molar-refractivity contribution < 1.29 is 10.2 Å². The Balaban J connectivity index is -0.000000140. The molecule has 0 aliphatic rings. The summed E-state index contributed by atoms with van der Waals surface area (Å²) < 4.78 is 0. The van der Waals surface area contributed by atoms with Crippen LogP contribution in [0.25, 0.3) is 0 Å². The molecule has 0 rings (SSSR count). The first-order valence-corrected chi connectivity index (χ1v) is 5.16. The molecule has 0 spiro atoms. The number of nitrogens with two attached hydrogens (primary N) is 1. The van der Waals surface area contributed by atoms with E-state index in [1.54, 1.807) is 13.8 Å². The summed E-state index contributed by atoms with van der Waals surface area (Å²) in [6.07, 6.45) is 5.16. The Labute approximate surface area is 83.0 Å². The average molecular weight is 193 g/mol. The zero-order chi connectivity index (χ0) is 10.9. The maximum Gasteiger partial charge on any atom is 0.0402 e. The molecule has 0 atom stereocenters. The lowest BCUT2D eigenvalue weighted by Crippen LogP contribution is -1.97. The molecule has 0 radical (unpaired) electrons. The number of aliphatic hydroxyl groups is 2. The highest BCUT2D eigenvalue weighted by Crippen LogP contribution is 1.95. The van der Waals surface area contributed by atoms with Crippen LogP contribution in [0.1, 0.15) is 46.5 Å². The maximum absolute atomic E-state index is 7.57. The topological polar surface area (TPSA) is 66.5 Å². The van der Waals surface area contributed by atoms with Gasteiger partial charge in [-0.3, -0.25) is 0 Å². The number of hydrogen-bond acceptors (Lipinski definition) is 3. The molecular formula is C10H27NO2.